The van der Waals surface area contributed by atoms with E-state index in [1.54, 1.807) is 17.0 Å². The van der Waals surface area contributed by atoms with Gasteiger partial charge in [-0.05, 0) is 44.9 Å². The van der Waals surface area contributed by atoms with Crippen LogP contribution in [0.5, 0.6) is 0 Å². The highest BCUT2D eigenvalue weighted by atomic mass is 19.1. The van der Waals surface area contributed by atoms with E-state index in [0.29, 0.717) is 43.9 Å². The molecule has 0 bridgehead atoms. The fraction of sp³-hybridized carbons (Fsp3) is 0.550. The number of amides is 3. The molecular weight excluding hydrogens is 365 g/mol. The van der Waals surface area contributed by atoms with Crippen LogP contribution in [0.25, 0.3) is 0 Å². The van der Waals surface area contributed by atoms with Gasteiger partial charge in [0.25, 0.3) is 0 Å². The van der Waals surface area contributed by atoms with Crippen LogP contribution in [0.1, 0.15) is 45.1 Å². The fourth-order valence-corrected chi connectivity index (χ4v) is 3.46. The number of benzene rings is 1. The van der Waals surface area contributed by atoms with E-state index in [-0.39, 0.29) is 30.1 Å². The molecular formula is C20H26FN3O4. The topological polar surface area (TPSA) is 79.0 Å². The van der Waals surface area contributed by atoms with Crippen molar-refractivity contribution in [3.8, 4) is 0 Å². The van der Waals surface area contributed by atoms with Crippen molar-refractivity contribution in [2.45, 2.75) is 45.1 Å². The van der Waals surface area contributed by atoms with E-state index in [1.165, 1.54) is 6.07 Å². The van der Waals surface area contributed by atoms with Gasteiger partial charge in [0.15, 0.2) is 0 Å². The molecule has 1 unspecified atom stereocenters. The molecule has 0 aromatic heterocycles. The number of ether oxygens (including phenoxy) is 1. The molecule has 152 valence electrons. The molecule has 2 saturated heterocycles. The van der Waals surface area contributed by atoms with Crippen LogP contribution in [0.2, 0.25) is 0 Å². The molecule has 1 aromatic rings. The van der Waals surface area contributed by atoms with Gasteiger partial charge in [0.2, 0.25) is 11.8 Å². The largest absolute Gasteiger partial charge is 0.444 e. The number of imide groups is 1. The van der Waals surface area contributed by atoms with Crippen LogP contribution >= 0.6 is 0 Å². The summed E-state index contributed by atoms with van der Waals surface area (Å²) >= 11 is 0. The highest BCUT2D eigenvalue weighted by Crippen LogP contribution is 2.30. The summed E-state index contributed by atoms with van der Waals surface area (Å²) in [6.07, 6.45) is 0.324. The van der Waals surface area contributed by atoms with Crippen LogP contribution < -0.4 is 10.2 Å². The zero-order chi connectivity index (χ0) is 20.5. The van der Waals surface area contributed by atoms with Crippen LogP contribution in [-0.2, 0) is 14.3 Å². The normalized spacial score (nSPS) is 20.8. The average molecular weight is 391 g/mol. The van der Waals surface area contributed by atoms with Gasteiger partial charge in [-0.3, -0.25) is 14.9 Å². The third kappa shape index (κ3) is 4.61. The molecule has 3 rings (SSSR count). The van der Waals surface area contributed by atoms with E-state index in [2.05, 4.69) is 5.32 Å². The van der Waals surface area contributed by atoms with Crippen molar-refractivity contribution in [3.05, 3.63) is 29.6 Å². The Morgan fingerprint density at radius 1 is 1.18 bits per heavy atom. The minimum absolute atomic E-state index is 0.275. The summed E-state index contributed by atoms with van der Waals surface area (Å²) in [5.74, 6) is -1.45. The number of halogens is 1. The number of piperazine rings is 1. The molecule has 0 saturated carbocycles. The predicted molar refractivity (Wildman–Crippen MR) is 102 cm³/mol. The molecule has 1 atom stereocenters. The molecule has 7 nitrogen and oxygen atoms in total. The van der Waals surface area contributed by atoms with Crippen molar-refractivity contribution in [1.82, 2.24) is 10.2 Å². The molecule has 2 aliphatic heterocycles. The number of rotatable bonds is 2. The summed E-state index contributed by atoms with van der Waals surface area (Å²) < 4.78 is 19.8. The van der Waals surface area contributed by atoms with E-state index >= 15 is 0 Å². The summed E-state index contributed by atoms with van der Waals surface area (Å²) in [4.78, 5) is 39.1. The first-order chi connectivity index (χ1) is 13.1. The smallest absolute Gasteiger partial charge is 0.410 e. The highest BCUT2D eigenvalue weighted by molar-refractivity contribution is 6.01. The van der Waals surface area contributed by atoms with Crippen molar-refractivity contribution in [2.24, 2.45) is 0 Å². The van der Waals surface area contributed by atoms with Crippen molar-refractivity contribution >= 4 is 23.6 Å². The lowest BCUT2D eigenvalue weighted by atomic mass is 9.90. The number of hydrogen-bond acceptors (Lipinski definition) is 5. The fourth-order valence-electron chi connectivity index (χ4n) is 3.46. The molecule has 0 spiro atoms. The lowest BCUT2D eigenvalue weighted by Crippen LogP contribution is -2.50. The van der Waals surface area contributed by atoms with Gasteiger partial charge in [-0.2, -0.15) is 0 Å². The second-order valence-electron chi connectivity index (χ2n) is 8.17. The number of anilines is 1. The minimum Gasteiger partial charge on any atom is -0.444 e. The maximum absolute atomic E-state index is 14.5. The lowest BCUT2D eigenvalue weighted by Gasteiger charge is -2.37. The van der Waals surface area contributed by atoms with Gasteiger partial charge in [-0.1, -0.05) is 6.07 Å². The van der Waals surface area contributed by atoms with E-state index in [1.807, 2.05) is 25.7 Å². The van der Waals surface area contributed by atoms with Crippen molar-refractivity contribution in [2.75, 3.05) is 31.1 Å². The van der Waals surface area contributed by atoms with Crippen molar-refractivity contribution in [3.63, 3.8) is 0 Å². The number of carbonyl (C=O) groups is 3. The first kappa shape index (κ1) is 20.1. The molecule has 3 amide bonds. The molecule has 8 heteroatoms. The zero-order valence-corrected chi connectivity index (χ0v) is 16.5. The van der Waals surface area contributed by atoms with Gasteiger partial charge in [0.1, 0.15) is 11.4 Å². The summed E-state index contributed by atoms with van der Waals surface area (Å²) in [5.41, 5.74) is 0.540. The Morgan fingerprint density at radius 3 is 2.46 bits per heavy atom. The Hall–Kier alpha value is -2.64. The van der Waals surface area contributed by atoms with Gasteiger partial charge >= 0.3 is 6.09 Å². The molecule has 0 aliphatic carbocycles. The predicted octanol–water partition coefficient (Wildman–Crippen LogP) is 2.40. The Bertz CT molecular complexity index is 782. The van der Waals surface area contributed by atoms with E-state index in [9.17, 15) is 18.8 Å². The molecule has 2 aliphatic rings. The van der Waals surface area contributed by atoms with Gasteiger partial charge in [0, 0.05) is 32.6 Å². The monoisotopic (exact) mass is 391 g/mol. The Labute approximate surface area is 163 Å². The molecule has 2 fully saturated rings. The molecule has 1 N–H and O–H groups in total. The van der Waals surface area contributed by atoms with Crippen molar-refractivity contribution < 1.29 is 23.5 Å². The second-order valence-corrected chi connectivity index (χ2v) is 8.17. The molecule has 1 aromatic carbocycles. The number of nitrogens with one attached hydrogen (secondary N) is 1. The quantitative estimate of drug-likeness (QED) is 0.784. The Balaban J connectivity index is 1.69. The van der Waals surface area contributed by atoms with Gasteiger partial charge < -0.3 is 14.5 Å². The van der Waals surface area contributed by atoms with E-state index in [0.717, 1.165) is 0 Å². The minimum atomic E-state index is -0.559. The Morgan fingerprint density at radius 2 is 1.86 bits per heavy atom. The SMILES string of the molecule is CC(C)(C)OC(=O)N1CCN(c2cc(C3CCC(=O)NC3=O)ccc2F)CC1. The maximum Gasteiger partial charge on any atom is 0.410 e. The third-order valence-electron chi connectivity index (χ3n) is 4.88. The van der Waals surface area contributed by atoms with Gasteiger partial charge in [-0.25, -0.2) is 9.18 Å². The Kier molecular flexibility index (Phi) is 5.58. The van der Waals surface area contributed by atoms with Crippen LogP contribution in [0, 0.1) is 5.82 Å². The summed E-state index contributed by atoms with van der Waals surface area (Å²) in [5, 5.41) is 2.33. The number of piperidine rings is 1. The number of carbonyl (C=O) groups excluding carboxylic acids is 3. The average Bonchev–Trinajstić information content (AvgIpc) is 2.61. The number of hydrogen-bond donors (Lipinski definition) is 1. The first-order valence-electron chi connectivity index (χ1n) is 9.50. The van der Waals surface area contributed by atoms with Crippen molar-refractivity contribution in [1.29, 1.82) is 0 Å². The van der Waals surface area contributed by atoms with E-state index < -0.39 is 11.5 Å². The van der Waals surface area contributed by atoms with Crippen LogP contribution in [0.4, 0.5) is 14.9 Å². The van der Waals surface area contributed by atoms with Gasteiger partial charge in [0.05, 0.1) is 11.6 Å². The summed E-state index contributed by atoms with van der Waals surface area (Å²) in [7, 11) is 0. The second kappa shape index (κ2) is 7.77. The summed E-state index contributed by atoms with van der Waals surface area (Å²) in [6, 6.07) is 4.63. The zero-order valence-electron chi connectivity index (χ0n) is 16.5. The highest BCUT2D eigenvalue weighted by Gasteiger charge is 2.30. The van der Waals surface area contributed by atoms with Gasteiger partial charge in [-0.15, -0.1) is 0 Å². The van der Waals surface area contributed by atoms with E-state index in [4.69, 9.17) is 4.74 Å². The van der Waals surface area contributed by atoms with Crippen LogP contribution in [0.15, 0.2) is 18.2 Å². The lowest BCUT2D eigenvalue weighted by molar-refractivity contribution is -0.134. The number of nitrogens with zero attached hydrogens (tertiary/aromatic N) is 2. The summed E-state index contributed by atoms with van der Waals surface area (Å²) in [6.45, 7) is 7.24. The molecule has 0 radical (unpaired) electrons. The third-order valence-corrected chi connectivity index (χ3v) is 4.88. The maximum atomic E-state index is 14.5. The molecule has 28 heavy (non-hydrogen) atoms. The standard InChI is InChI=1S/C20H26FN3O4/c1-20(2,3)28-19(27)24-10-8-23(9-11-24)16-12-13(4-6-15(16)21)14-5-7-17(25)22-18(14)26/h4,6,12,14H,5,7-11H2,1-3H3,(H,22,25,26). The molecule has 2 heterocycles. The first-order valence-corrected chi connectivity index (χ1v) is 9.50. The van der Waals surface area contributed by atoms with Crippen LogP contribution in [0.3, 0.4) is 0 Å². The van der Waals surface area contributed by atoms with Crippen LogP contribution in [-0.4, -0.2) is 54.6 Å².